The van der Waals surface area contributed by atoms with Crippen molar-refractivity contribution in [2.75, 3.05) is 13.7 Å². The average Bonchev–Trinajstić information content (AvgIpc) is 2.70. The van der Waals surface area contributed by atoms with Gasteiger partial charge in [0.05, 0.1) is 6.61 Å². The van der Waals surface area contributed by atoms with Gasteiger partial charge >= 0.3 is 0 Å². The zero-order chi connectivity index (χ0) is 12.3. The molecule has 0 radical (unpaired) electrons. The molecule has 0 aromatic rings. The smallest absolute Gasteiger partial charge is 0.0524 e. The van der Waals surface area contributed by atoms with Gasteiger partial charge in [0.1, 0.15) is 0 Å². The van der Waals surface area contributed by atoms with Gasteiger partial charge in [0.15, 0.2) is 0 Å². The van der Waals surface area contributed by atoms with Gasteiger partial charge in [-0.15, -0.1) is 0 Å². The molecule has 2 fully saturated rings. The fourth-order valence-corrected chi connectivity index (χ4v) is 5.63. The summed E-state index contributed by atoms with van der Waals surface area (Å²) < 4.78 is 5.60. The van der Waals surface area contributed by atoms with Crippen LogP contribution in [0.1, 0.15) is 46.5 Å². The van der Waals surface area contributed by atoms with Crippen LogP contribution in [0.15, 0.2) is 11.6 Å². The third kappa shape index (κ3) is 1.30. The van der Waals surface area contributed by atoms with Crippen molar-refractivity contribution in [3.63, 3.8) is 0 Å². The van der Waals surface area contributed by atoms with Crippen LogP contribution in [0.25, 0.3) is 0 Å². The maximum Gasteiger partial charge on any atom is 0.0524 e. The Balaban J connectivity index is 2.05. The first-order chi connectivity index (χ1) is 8.04. The van der Waals surface area contributed by atoms with E-state index in [9.17, 15) is 0 Å². The van der Waals surface area contributed by atoms with Crippen molar-refractivity contribution < 1.29 is 4.74 Å². The van der Waals surface area contributed by atoms with E-state index in [1.165, 1.54) is 25.7 Å². The SMILES string of the molecule is COCC1(C)C2CC3(CC=C2C)C(C)CCC13. The third-order valence-corrected chi connectivity index (χ3v) is 6.55. The second kappa shape index (κ2) is 3.60. The van der Waals surface area contributed by atoms with Gasteiger partial charge in [-0.05, 0) is 55.8 Å². The summed E-state index contributed by atoms with van der Waals surface area (Å²) in [5.41, 5.74) is 2.66. The first-order valence-electron chi connectivity index (χ1n) is 7.20. The highest BCUT2D eigenvalue weighted by atomic mass is 16.5. The largest absolute Gasteiger partial charge is 0.384 e. The molecule has 0 aromatic carbocycles. The van der Waals surface area contributed by atoms with Crippen molar-refractivity contribution in [1.82, 2.24) is 0 Å². The molecule has 0 N–H and O–H groups in total. The van der Waals surface area contributed by atoms with Gasteiger partial charge in [-0.3, -0.25) is 0 Å². The Bertz CT molecular complexity index is 359. The molecule has 2 bridgehead atoms. The molecule has 3 rings (SSSR count). The highest BCUT2D eigenvalue weighted by molar-refractivity contribution is 5.26. The molecule has 0 saturated heterocycles. The van der Waals surface area contributed by atoms with Gasteiger partial charge < -0.3 is 4.74 Å². The molecule has 0 aliphatic heterocycles. The van der Waals surface area contributed by atoms with E-state index in [0.717, 1.165) is 24.4 Å². The van der Waals surface area contributed by atoms with Crippen LogP contribution in [0.5, 0.6) is 0 Å². The predicted molar refractivity (Wildman–Crippen MR) is 70.8 cm³/mol. The quantitative estimate of drug-likeness (QED) is 0.655. The average molecular weight is 234 g/mol. The van der Waals surface area contributed by atoms with Crippen LogP contribution >= 0.6 is 0 Å². The van der Waals surface area contributed by atoms with Crippen molar-refractivity contribution in [2.45, 2.75) is 46.5 Å². The number of methoxy groups -OCH3 is 1. The normalized spacial score (nSPS) is 52.5. The standard InChI is InChI=1S/C16H26O/c1-11-7-8-16-9-13(11)15(3,10-17-4)14(16)6-5-12(16)2/h7,12-14H,5-6,8-10H2,1-4H3. The number of allylic oxidation sites excluding steroid dienone is 2. The Labute approximate surface area is 106 Å². The van der Waals surface area contributed by atoms with Crippen molar-refractivity contribution >= 4 is 0 Å². The minimum atomic E-state index is 0.399. The van der Waals surface area contributed by atoms with E-state index in [2.05, 4.69) is 26.8 Å². The van der Waals surface area contributed by atoms with E-state index in [-0.39, 0.29) is 0 Å². The first kappa shape index (κ1) is 11.8. The van der Waals surface area contributed by atoms with Gasteiger partial charge in [0, 0.05) is 12.5 Å². The molecule has 5 atom stereocenters. The Morgan fingerprint density at radius 2 is 2.18 bits per heavy atom. The minimum Gasteiger partial charge on any atom is -0.384 e. The summed E-state index contributed by atoms with van der Waals surface area (Å²) in [5.74, 6) is 2.59. The number of ether oxygens (including phenoxy) is 1. The lowest BCUT2D eigenvalue weighted by Gasteiger charge is -2.38. The topological polar surface area (TPSA) is 9.23 Å². The van der Waals surface area contributed by atoms with Crippen LogP contribution in [-0.4, -0.2) is 13.7 Å². The third-order valence-electron chi connectivity index (χ3n) is 6.55. The van der Waals surface area contributed by atoms with Gasteiger partial charge in [-0.1, -0.05) is 25.5 Å². The molecule has 0 aromatic heterocycles. The molecule has 2 saturated carbocycles. The maximum absolute atomic E-state index is 5.60. The summed E-state index contributed by atoms with van der Waals surface area (Å²) in [7, 11) is 1.87. The fourth-order valence-electron chi connectivity index (χ4n) is 5.63. The first-order valence-corrected chi connectivity index (χ1v) is 7.20. The number of hydrogen-bond donors (Lipinski definition) is 0. The van der Waals surface area contributed by atoms with Crippen LogP contribution in [0.3, 0.4) is 0 Å². The highest BCUT2D eigenvalue weighted by Crippen LogP contribution is 2.71. The maximum atomic E-state index is 5.60. The zero-order valence-electron chi connectivity index (χ0n) is 11.8. The van der Waals surface area contributed by atoms with Crippen LogP contribution < -0.4 is 0 Å². The summed E-state index contributed by atoms with van der Waals surface area (Å²) in [5, 5.41) is 0. The number of fused-ring (bicyclic) bond motifs is 1. The van der Waals surface area contributed by atoms with Crippen molar-refractivity contribution in [1.29, 1.82) is 0 Å². The molecule has 1 nitrogen and oxygen atoms in total. The lowest BCUT2D eigenvalue weighted by atomic mass is 9.68. The van der Waals surface area contributed by atoms with Gasteiger partial charge in [-0.25, -0.2) is 0 Å². The lowest BCUT2D eigenvalue weighted by molar-refractivity contribution is 0.0251. The summed E-state index contributed by atoms with van der Waals surface area (Å²) in [6, 6.07) is 0. The molecular weight excluding hydrogens is 208 g/mol. The van der Waals surface area contributed by atoms with Gasteiger partial charge in [-0.2, -0.15) is 0 Å². The summed E-state index contributed by atoms with van der Waals surface area (Å²) in [6.45, 7) is 8.28. The molecule has 3 aliphatic rings. The van der Waals surface area contributed by atoms with E-state index >= 15 is 0 Å². The van der Waals surface area contributed by atoms with E-state index in [1.54, 1.807) is 5.57 Å². The minimum absolute atomic E-state index is 0.399. The molecule has 1 heteroatoms. The van der Waals surface area contributed by atoms with Gasteiger partial charge in [0.25, 0.3) is 0 Å². The van der Waals surface area contributed by atoms with Crippen LogP contribution in [0.4, 0.5) is 0 Å². The molecule has 17 heavy (non-hydrogen) atoms. The molecule has 3 aliphatic carbocycles. The van der Waals surface area contributed by atoms with Gasteiger partial charge in [0.2, 0.25) is 0 Å². The molecule has 1 spiro atoms. The van der Waals surface area contributed by atoms with E-state index < -0.39 is 0 Å². The second-order valence-electron chi connectivity index (χ2n) is 7.11. The van der Waals surface area contributed by atoms with E-state index in [0.29, 0.717) is 10.8 Å². The summed E-state index contributed by atoms with van der Waals surface area (Å²) in [4.78, 5) is 0. The number of rotatable bonds is 2. The van der Waals surface area contributed by atoms with Crippen LogP contribution in [-0.2, 0) is 4.74 Å². The summed E-state index contributed by atoms with van der Waals surface area (Å²) >= 11 is 0. The second-order valence-corrected chi connectivity index (χ2v) is 7.11. The summed E-state index contributed by atoms with van der Waals surface area (Å²) in [6.07, 6.45) is 8.17. The van der Waals surface area contributed by atoms with E-state index in [1.807, 2.05) is 7.11 Å². The Morgan fingerprint density at radius 1 is 1.41 bits per heavy atom. The zero-order valence-corrected chi connectivity index (χ0v) is 11.8. The molecular formula is C16H26O. The Kier molecular flexibility index (Phi) is 2.49. The highest BCUT2D eigenvalue weighted by Gasteiger charge is 2.64. The lowest BCUT2D eigenvalue weighted by Crippen LogP contribution is -2.35. The van der Waals surface area contributed by atoms with Crippen molar-refractivity contribution in [3.8, 4) is 0 Å². The fraction of sp³-hybridized carbons (Fsp3) is 0.875. The number of hydrogen-bond acceptors (Lipinski definition) is 1. The molecule has 5 unspecified atom stereocenters. The Morgan fingerprint density at radius 3 is 2.88 bits per heavy atom. The molecule has 96 valence electrons. The molecule has 0 heterocycles. The van der Waals surface area contributed by atoms with Crippen molar-refractivity contribution in [2.24, 2.45) is 28.6 Å². The Hall–Kier alpha value is -0.300. The predicted octanol–water partition coefficient (Wildman–Crippen LogP) is 4.04. The molecule has 0 amide bonds. The monoisotopic (exact) mass is 234 g/mol. The van der Waals surface area contributed by atoms with Crippen LogP contribution in [0, 0.1) is 28.6 Å². The van der Waals surface area contributed by atoms with Crippen molar-refractivity contribution in [3.05, 3.63) is 11.6 Å². The van der Waals surface area contributed by atoms with Crippen LogP contribution in [0.2, 0.25) is 0 Å². The van der Waals surface area contributed by atoms with E-state index in [4.69, 9.17) is 4.74 Å².